The highest BCUT2D eigenvalue weighted by Crippen LogP contribution is 2.65. The van der Waals surface area contributed by atoms with Crippen molar-refractivity contribution in [2.24, 2.45) is 35.5 Å². The van der Waals surface area contributed by atoms with Gasteiger partial charge in [0.2, 0.25) is 0 Å². The summed E-state index contributed by atoms with van der Waals surface area (Å²) in [4.78, 5) is 12.3. The molecule has 0 saturated heterocycles. The number of rotatable bonds is 8. The van der Waals surface area contributed by atoms with E-state index < -0.39 is 115 Å². The van der Waals surface area contributed by atoms with Gasteiger partial charge in [-0.3, -0.25) is 4.79 Å². The molecule has 2 bridgehead atoms. The fraction of sp³-hybridized carbons (Fsp3) is 0.957. The zero-order valence-electron chi connectivity index (χ0n) is 21.8. The Kier molecular flexibility index (Phi) is 8.90. The van der Waals surface area contributed by atoms with Crippen LogP contribution < -0.4 is 0 Å². The van der Waals surface area contributed by atoms with Gasteiger partial charge in [-0.25, -0.2) is 8.78 Å². The van der Waals surface area contributed by atoms with Crippen molar-refractivity contribution < 1.29 is 81.2 Å². The number of carbonyl (C=O) groups excluding carboxylic acids is 1. The molecule has 0 aromatic rings. The highest BCUT2D eigenvalue weighted by Gasteiger charge is 2.75. The molecular weight excluding hydrogens is 606 g/mol. The molecule has 2 aliphatic carbocycles. The number of alkyl halides is 14. The van der Waals surface area contributed by atoms with E-state index in [-0.39, 0.29) is 0 Å². The topological polar surface area (TPSA) is 66.8 Å². The Balaban J connectivity index is 2.59. The Morgan fingerprint density at radius 1 is 0.707 bits per heavy atom. The van der Waals surface area contributed by atoms with Crippen molar-refractivity contribution in [3.05, 3.63) is 0 Å². The molecule has 41 heavy (non-hydrogen) atoms. The summed E-state index contributed by atoms with van der Waals surface area (Å²) in [6.07, 6.45) is -31.6. The van der Waals surface area contributed by atoms with Crippen molar-refractivity contribution in [3.8, 4) is 0 Å². The standard InChI is InChI=1S/C23H28F14O4/c1-9(17(4,24)25)15(38)41-16(2,3)14-6-10-5-11(14)13(8-19(40,22(32,33)34)23(35,36)37)12(10)7-18(39,20(26,27)28)21(29,30)31/h9-14,39-40H,5-8H2,1-4H3. The Bertz CT molecular complexity index is 932. The lowest BCUT2D eigenvalue weighted by atomic mass is 9.63. The third-order valence-corrected chi connectivity index (χ3v) is 8.66. The van der Waals surface area contributed by atoms with Gasteiger partial charge in [-0.1, -0.05) is 0 Å². The number of carbonyl (C=O) groups is 1. The molecule has 0 radical (unpaired) electrons. The van der Waals surface area contributed by atoms with E-state index >= 15 is 0 Å². The molecule has 0 amide bonds. The summed E-state index contributed by atoms with van der Waals surface area (Å²) >= 11 is 0. The normalized spacial score (nSPS) is 27.8. The van der Waals surface area contributed by atoms with Crippen LogP contribution in [0.3, 0.4) is 0 Å². The second kappa shape index (κ2) is 10.3. The van der Waals surface area contributed by atoms with Gasteiger partial charge in [0.15, 0.2) is 0 Å². The Labute approximate surface area is 224 Å². The van der Waals surface area contributed by atoms with Crippen LogP contribution in [0.25, 0.3) is 0 Å². The third kappa shape index (κ3) is 6.37. The summed E-state index contributed by atoms with van der Waals surface area (Å²) in [7, 11) is 0. The van der Waals surface area contributed by atoms with Crippen LogP contribution in [-0.4, -0.2) is 63.6 Å². The van der Waals surface area contributed by atoms with Gasteiger partial charge in [0.1, 0.15) is 11.5 Å². The molecule has 2 rings (SSSR count). The maximum Gasteiger partial charge on any atom is 0.426 e. The number of aliphatic hydroxyl groups is 2. The molecule has 0 aromatic heterocycles. The van der Waals surface area contributed by atoms with Crippen LogP contribution in [0.4, 0.5) is 61.5 Å². The van der Waals surface area contributed by atoms with E-state index in [2.05, 4.69) is 0 Å². The van der Waals surface area contributed by atoms with Gasteiger partial charge in [0.25, 0.3) is 17.1 Å². The van der Waals surface area contributed by atoms with Crippen molar-refractivity contribution in [1.29, 1.82) is 0 Å². The molecule has 242 valence electrons. The van der Waals surface area contributed by atoms with Crippen LogP contribution in [0.15, 0.2) is 0 Å². The summed E-state index contributed by atoms with van der Waals surface area (Å²) < 4.78 is 194. The zero-order valence-corrected chi connectivity index (χ0v) is 21.8. The highest BCUT2D eigenvalue weighted by molar-refractivity contribution is 5.73. The molecule has 0 aromatic carbocycles. The SMILES string of the molecule is CC(C(=O)OC(C)(C)C1CC2CC1C(CC(O)(C(F)(F)F)C(F)(F)F)C2CC(O)(C(F)(F)F)C(F)(F)F)C(C)(F)F. The zero-order chi connectivity index (χ0) is 32.6. The number of hydrogen-bond acceptors (Lipinski definition) is 4. The van der Waals surface area contributed by atoms with E-state index in [1.54, 1.807) is 0 Å². The largest absolute Gasteiger partial charge is 0.459 e. The predicted molar refractivity (Wildman–Crippen MR) is 110 cm³/mol. The quantitative estimate of drug-likeness (QED) is 0.224. The molecule has 6 unspecified atom stereocenters. The summed E-state index contributed by atoms with van der Waals surface area (Å²) in [5.74, 6) is -16.2. The van der Waals surface area contributed by atoms with Crippen LogP contribution in [0, 0.1) is 35.5 Å². The second-order valence-electron chi connectivity index (χ2n) is 11.7. The van der Waals surface area contributed by atoms with Gasteiger partial charge < -0.3 is 14.9 Å². The Morgan fingerprint density at radius 2 is 1.07 bits per heavy atom. The Morgan fingerprint density at radius 3 is 1.41 bits per heavy atom. The number of hydrogen-bond donors (Lipinski definition) is 2. The molecule has 2 saturated carbocycles. The van der Waals surface area contributed by atoms with Crippen LogP contribution >= 0.6 is 0 Å². The summed E-state index contributed by atoms with van der Waals surface area (Å²) in [5.41, 5.74) is -13.0. The molecule has 2 N–H and O–H groups in total. The second-order valence-corrected chi connectivity index (χ2v) is 11.7. The molecule has 6 atom stereocenters. The van der Waals surface area contributed by atoms with E-state index in [0.717, 1.165) is 20.8 Å². The van der Waals surface area contributed by atoms with E-state index in [0.29, 0.717) is 6.92 Å². The van der Waals surface area contributed by atoms with Crippen LogP contribution in [-0.2, 0) is 9.53 Å². The first-order chi connectivity index (χ1) is 17.8. The Hall–Kier alpha value is -1.59. The summed E-state index contributed by atoms with van der Waals surface area (Å²) in [6, 6.07) is 0. The van der Waals surface area contributed by atoms with Crippen molar-refractivity contribution in [2.45, 2.75) is 101 Å². The first-order valence-corrected chi connectivity index (χ1v) is 12.1. The van der Waals surface area contributed by atoms with E-state index in [1.807, 2.05) is 0 Å². The molecule has 4 nitrogen and oxygen atoms in total. The van der Waals surface area contributed by atoms with Crippen molar-refractivity contribution in [3.63, 3.8) is 0 Å². The molecule has 18 heteroatoms. The number of ether oxygens (including phenoxy) is 1. The first-order valence-electron chi connectivity index (χ1n) is 12.1. The van der Waals surface area contributed by atoms with Crippen molar-refractivity contribution in [1.82, 2.24) is 0 Å². The summed E-state index contributed by atoms with van der Waals surface area (Å²) in [6.45, 7) is 3.25. The average molecular weight is 634 g/mol. The lowest BCUT2D eigenvalue weighted by molar-refractivity contribution is -0.381. The molecule has 0 heterocycles. The van der Waals surface area contributed by atoms with Gasteiger partial charge in [0, 0.05) is 12.8 Å². The molecule has 0 spiro atoms. The molecule has 2 fully saturated rings. The smallest absolute Gasteiger partial charge is 0.426 e. The van der Waals surface area contributed by atoms with Crippen LogP contribution in [0.1, 0.15) is 53.4 Å². The van der Waals surface area contributed by atoms with Gasteiger partial charge >= 0.3 is 30.7 Å². The number of fused-ring (bicyclic) bond motifs is 2. The minimum Gasteiger partial charge on any atom is -0.459 e. The highest BCUT2D eigenvalue weighted by atomic mass is 19.4. The van der Waals surface area contributed by atoms with Crippen molar-refractivity contribution >= 4 is 5.97 Å². The fourth-order valence-electron chi connectivity index (χ4n) is 6.12. The summed E-state index contributed by atoms with van der Waals surface area (Å²) in [5, 5.41) is 19.5. The first kappa shape index (κ1) is 35.6. The molecular formula is C23H28F14O4. The lowest BCUT2D eigenvalue weighted by Gasteiger charge is -2.47. The van der Waals surface area contributed by atoms with E-state index in [4.69, 9.17) is 4.74 Å². The van der Waals surface area contributed by atoms with Gasteiger partial charge in [0.05, 0.1) is 0 Å². The molecule has 0 aliphatic heterocycles. The minimum atomic E-state index is -6.47. The number of halogens is 14. The van der Waals surface area contributed by atoms with Gasteiger partial charge in [-0.2, -0.15) is 52.7 Å². The van der Waals surface area contributed by atoms with E-state index in [9.17, 15) is 76.5 Å². The monoisotopic (exact) mass is 634 g/mol. The van der Waals surface area contributed by atoms with Crippen LogP contribution in [0.2, 0.25) is 0 Å². The lowest BCUT2D eigenvalue weighted by Crippen LogP contribution is -2.61. The average Bonchev–Trinajstić information content (AvgIpc) is 3.29. The minimum absolute atomic E-state index is 0.363. The fourth-order valence-corrected chi connectivity index (χ4v) is 6.12. The maximum absolute atomic E-state index is 13.6. The van der Waals surface area contributed by atoms with Crippen LogP contribution in [0.5, 0.6) is 0 Å². The van der Waals surface area contributed by atoms with Gasteiger partial charge in [-0.05, 0) is 70.1 Å². The third-order valence-electron chi connectivity index (χ3n) is 8.66. The van der Waals surface area contributed by atoms with Crippen molar-refractivity contribution in [2.75, 3.05) is 0 Å². The molecule has 2 aliphatic rings. The maximum atomic E-state index is 13.6. The van der Waals surface area contributed by atoms with E-state index in [1.165, 1.54) is 0 Å². The van der Waals surface area contributed by atoms with Gasteiger partial charge in [-0.15, -0.1) is 0 Å². The predicted octanol–water partition coefficient (Wildman–Crippen LogP) is 6.98. The number of esters is 1.